The highest BCUT2D eigenvalue weighted by Crippen LogP contribution is 2.37. The van der Waals surface area contributed by atoms with E-state index in [1.807, 2.05) is 0 Å². The maximum absolute atomic E-state index is 3.83. The topological polar surface area (TPSA) is 15.3 Å². The molecule has 0 bridgehead atoms. The fourth-order valence-electron chi connectivity index (χ4n) is 5.33. The fourth-order valence-corrected chi connectivity index (χ4v) is 5.33. The van der Waals surface area contributed by atoms with Crippen LogP contribution in [0.5, 0.6) is 0 Å². The molecule has 0 spiro atoms. The highest BCUT2D eigenvalue weighted by Gasteiger charge is 2.36. The van der Waals surface area contributed by atoms with Gasteiger partial charge in [0.15, 0.2) is 0 Å². The lowest BCUT2D eigenvalue weighted by Crippen LogP contribution is -2.55. The van der Waals surface area contributed by atoms with Gasteiger partial charge in [-0.3, -0.25) is 4.90 Å². The van der Waals surface area contributed by atoms with E-state index in [0.29, 0.717) is 0 Å². The minimum absolute atomic E-state index is 0.760. The molecule has 2 nitrogen and oxygen atoms in total. The second-order valence-corrected chi connectivity index (χ2v) is 7.81. The van der Waals surface area contributed by atoms with E-state index in [4.69, 9.17) is 0 Å². The second-order valence-electron chi connectivity index (χ2n) is 7.81. The van der Waals surface area contributed by atoms with Crippen LogP contribution in [0.3, 0.4) is 0 Å². The molecule has 21 heavy (non-hydrogen) atoms. The van der Waals surface area contributed by atoms with Gasteiger partial charge in [0.25, 0.3) is 0 Å². The number of nitrogens with one attached hydrogen (secondary N) is 1. The summed E-state index contributed by atoms with van der Waals surface area (Å²) in [5.41, 5.74) is 0. The van der Waals surface area contributed by atoms with Crippen LogP contribution in [0.1, 0.15) is 77.6 Å². The number of nitrogens with zero attached hydrogens (tertiary/aromatic N) is 1. The van der Waals surface area contributed by atoms with Crippen molar-refractivity contribution < 1.29 is 0 Å². The van der Waals surface area contributed by atoms with Gasteiger partial charge in [-0.2, -0.15) is 0 Å². The van der Waals surface area contributed by atoms with Gasteiger partial charge in [0.05, 0.1) is 0 Å². The minimum atomic E-state index is 0.760. The van der Waals surface area contributed by atoms with Gasteiger partial charge in [-0.15, -0.1) is 0 Å². The first-order valence-electron chi connectivity index (χ1n) is 9.86. The number of likely N-dealkylation sites (N-methyl/N-ethyl adjacent to an activating group) is 1. The third-order valence-electron chi connectivity index (χ3n) is 6.49. The molecule has 2 aliphatic carbocycles. The van der Waals surface area contributed by atoms with E-state index in [1.54, 1.807) is 0 Å². The van der Waals surface area contributed by atoms with Crippen LogP contribution in [0.4, 0.5) is 0 Å². The summed E-state index contributed by atoms with van der Waals surface area (Å²) in [4.78, 5) is 2.91. The van der Waals surface area contributed by atoms with Crippen molar-refractivity contribution >= 4 is 0 Å². The molecule has 0 aromatic heterocycles. The summed E-state index contributed by atoms with van der Waals surface area (Å²) >= 11 is 0. The molecule has 3 aliphatic rings. The molecule has 3 rings (SSSR count). The highest BCUT2D eigenvalue weighted by atomic mass is 15.2. The Kier molecular flexibility index (Phi) is 5.99. The van der Waals surface area contributed by atoms with Gasteiger partial charge in [-0.25, -0.2) is 0 Å². The largest absolute Gasteiger partial charge is 0.313 e. The summed E-state index contributed by atoms with van der Waals surface area (Å²) in [6.45, 7) is 6.22. The summed E-state index contributed by atoms with van der Waals surface area (Å²) in [6.07, 6.45) is 16.2. The fraction of sp³-hybridized carbons (Fsp3) is 1.00. The van der Waals surface area contributed by atoms with Crippen molar-refractivity contribution in [3.63, 3.8) is 0 Å². The maximum atomic E-state index is 3.83. The van der Waals surface area contributed by atoms with Gasteiger partial charge in [0.1, 0.15) is 0 Å². The van der Waals surface area contributed by atoms with Crippen LogP contribution in [0.15, 0.2) is 0 Å². The van der Waals surface area contributed by atoms with E-state index < -0.39 is 0 Å². The Morgan fingerprint density at radius 3 is 2.33 bits per heavy atom. The summed E-state index contributed by atoms with van der Waals surface area (Å²) in [5, 5.41) is 3.83. The molecule has 1 saturated heterocycles. The molecule has 0 amide bonds. The smallest absolute Gasteiger partial charge is 0.0249 e. The van der Waals surface area contributed by atoms with Crippen molar-refractivity contribution in [2.24, 2.45) is 11.8 Å². The zero-order valence-corrected chi connectivity index (χ0v) is 14.2. The lowest BCUT2D eigenvalue weighted by Gasteiger charge is -2.47. The molecule has 0 aromatic carbocycles. The molecule has 122 valence electrons. The first kappa shape index (κ1) is 15.8. The van der Waals surface area contributed by atoms with Gasteiger partial charge >= 0.3 is 0 Å². The van der Waals surface area contributed by atoms with Crippen LogP contribution in [-0.2, 0) is 0 Å². The number of fused-ring (bicyclic) bond motifs is 1. The molecule has 3 fully saturated rings. The Bertz CT molecular complexity index is 304. The predicted molar refractivity (Wildman–Crippen MR) is 90.6 cm³/mol. The normalized spacial score (nSPS) is 39.3. The van der Waals surface area contributed by atoms with Crippen molar-refractivity contribution in [3.05, 3.63) is 0 Å². The summed E-state index contributed by atoms with van der Waals surface area (Å²) in [7, 11) is 0. The maximum Gasteiger partial charge on any atom is 0.0249 e. The van der Waals surface area contributed by atoms with Crippen molar-refractivity contribution in [3.8, 4) is 0 Å². The standard InChI is InChI=1S/C19H36N2/c1-2-20-18-11-5-3-4-6-12-19(18)21-14-13-16-9-7-8-10-17(16)15-21/h16-20H,2-15H2,1H3. The number of hydrogen-bond donors (Lipinski definition) is 1. The Labute approximate surface area is 132 Å². The molecular weight excluding hydrogens is 256 g/mol. The van der Waals surface area contributed by atoms with Gasteiger partial charge in [0.2, 0.25) is 0 Å². The van der Waals surface area contributed by atoms with E-state index in [2.05, 4.69) is 17.1 Å². The molecule has 1 heterocycles. The zero-order valence-electron chi connectivity index (χ0n) is 14.2. The SMILES string of the molecule is CCNC1CCCCCCC1N1CCC2CCCCC2C1. The van der Waals surface area contributed by atoms with Crippen molar-refractivity contribution in [1.82, 2.24) is 10.2 Å². The van der Waals surface area contributed by atoms with Crippen molar-refractivity contribution in [1.29, 1.82) is 0 Å². The van der Waals surface area contributed by atoms with E-state index in [-0.39, 0.29) is 0 Å². The van der Waals surface area contributed by atoms with Gasteiger partial charge in [-0.05, 0) is 50.6 Å². The molecule has 0 aromatic rings. The lowest BCUT2D eigenvalue weighted by molar-refractivity contribution is 0.0360. The first-order chi connectivity index (χ1) is 10.4. The quantitative estimate of drug-likeness (QED) is 0.838. The molecule has 4 unspecified atom stereocenters. The molecule has 1 N–H and O–H groups in total. The Hall–Kier alpha value is -0.0800. The molecule has 1 aliphatic heterocycles. The van der Waals surface area contributed by atoms with Crippen molar-refractivity contribution in [2.75, 3.05) is 19.6 Å². The van der Waals surface area contributed by atoms with Crippen molar-refractivity contribution in [2.45, 2.75) is 89.6 Å². The third kappa shape index (κ3) is 4.01. The van der Waals surface area contributed by atoms with E-state index in [0.717, 1.165) is 30.5 Å². The Morgan fingerprint density at radius 2 is 1.52 bits per heavy atom. The van der Waals surface area contributed by atoms with Crippen LogP contribution in [0.25, 0.3) is 0 Å². The van der Waals surface area contributed by atoms with Crippen LogP contribution < -0.4 is 5.32 Å². The summed E-state index contributed by atoms with van der Waals surface area (Å²) in [5.74, 6) is 2.10. The second kappa shape index (κ2) is 7.97. The van der Waals surface area contributed by atoms with Gasteiger partial charge in [0, 0.05) is 18.6 Å². The molecule has 0 radical (unpaired) electrons. The molecule has 2 saturated carbocycles. The lowest BCUT2D eigenvalue weighted by atomic mass is 9.74. The number of likely N-dealkylation sites (tertiary alicyclic amines) is 1. The van der Waals surface area contributed by atoms with Gasteiger partial charge < -0.3 is 5.32 Å². The van der Waals surface area contributed by atoms with Gasteiger partial charge in [-0.1, -0.05) is 51.9 Å². The van der Waals surface area contributed by atoms with Crippen LogP contribution in [-0.4, -0.2) is 36.6 Å². The number of hydrogen-bond acceptors (Lipinski definition) is 2. The molecular formula is C19H36N2. The van der Waals surface area contributed by atoms with Crippen LogP contribution >= 0.6 is 0 Å². The van der Waals surface area contributed by atoms with E-state index in [9.17, 15) is 0 Å². The molecule has 2 heteroatoms. The van der Waals surface area contributed by atoms with E-state index in [1.165, 1.54) is 83.7 Å². The minimum Gasteiger partial charge on any atom is -0.313 e. The average molecular weight is 293 g/mol. The van der Waals surface area contributed by atoms with E-state index >= 15 is 0 Å². The Morgan fingerprint density at radius 1 is 0.810 bits per heavy atom. The third-order valence-corrected chi connectivity index (χ3v) is 6.49. The summed E-state index contributed by atoms with van der Waals surface area (Å²) < 4.78 is 0. The number of rotatable bonds is 3. The Balaban J connectivity index is 1.63. The number of piperidine rings is 1. The molecule has 4 atom stereocenters. The average Bonchev–Trinajstić information content (AvgIpc) is 2.50. The highest BCUT2D eigenvalue weighted by molar-refractivity contribution is 4.91. The monoisotopic (exact) mass is 292 g/mol. The van der Waals surface area contributed by atoms with Crippen LogP contribution in [0, 0.1) is 11.8 Å². The van der Waals surface area contributed by atoms with Crippen LogP contribution in [0.2, 0.25) is 0 Å². The zero-order chi connectivity index (χ0) is 14.5. The first-order valence-corrected chi connectivity index (χ1v) is 9.86. The summed E-state index contributed by atoms with van der Waals surface area (Å²) in [6, 6.07) is 1.59. The predicted octanol–water partition coefficient (Wildman–Crippen LogP) is 4.20.